The van der Waals surface area contributed by atoms with Crippen LogP contribution in [0.1, 0.15) is 49.8 Å². The minimum atomic E-state index is 0.647. The lowest BCUT2D eigenvalue weighted by atomic mass is 10.0. The second kappa shape index (κ2) is 4.81. The molecule has 1 heteroatoms. The summed E-state index contributed by atoms with van der Waals surface area (Å²) in [6, 6.07) is 8.22. The molecular weight excluding hydrogens is 170 g/mol. The summed E-state index contributed by atoms with van der Waals surface area (Å²) >= 11 is 0. The molecule has 1 nitrogen and oxygen atoms in total. The molecule has 0 saturated heterocycles. The second-order valence-corrected chi connectivity index (χ2v) is 3.47. The number of hydrogen-bond acceptors (Lipinski definition) is 1. The van der Waals surface area contributed by atoms with E-state index in [9.17, 15) is 0 Å². The molecule has 0 N–H and O–H groups in total. The van der Waals surface area contributed by atoms with Crippen LogP contribution in [0.2, 0.25) is 0 Å². The number of benzene rings is 1. The van der Waals surface area contributed by atoms with Crippen molar-refractivity contribution in [1.82, 2.24) is 0 Å². The van der Waals surface area contributed by atoms with Gasteiger partial charge in [0.1, 0.15) is 0 Å². The molecule has 14 heavy (non-hydrogen) atoms. The molecule has 0 fully saturated rings. The standard InChI is InChI=1S/C11H11N.C2H6/c1-8-2-4-10-5-3-9(7-12)6-11(8)10;1-2/h3,5-6,8H,2,4H2,1H3;1-2H3. The quantitative estimate of drug-likeness (QED) is 0.608. The van der Waals surface area contributed by atoms with Gasteiger partial charge in [-0.2, -0.15) is 5.26 Å². The summed E-state index contributed by atoms with van der Waals surface area (Å²) in [6.07, 6.45) is 2.42. The summed E-state index contributed by atoms with van der Waals surface area (Å²) in [5.41, 5.74) is 3.61. The van der Waals surface area contributed by atoms with Crippen LogP contribution in [-0.2, 0) is 6.42 Å². The number of rotatable bonds is 0. The van der Waals surface area contributed by atoms with Gasteiger partial charge in [-0.1, -0.05) is 26.8 Å². The molecule has 0 aliphatic heterocycles. The lowest BCUT2D eigenvalue weighted by Crippen LogP contribution is -1.87. The fourth-order valence-corrected chi connectivity index (χ4v) is 1.88. The lowest BCUT2D eigenvalue weighted by Gasteiger charge is -2.03. The number of nitriles is 1. The number of hydrogen-bond donors (Lipinski definition) is 0. The fraction of sp³-hybridized carbons (Fsp3) is 0.462. The van der Waals surface area contributed by atoms with Crippen LogP contribution in [0.25, 0.3) is 0 Å². The minimum absolute atomic E-state index is 0.647. The highest BCUT2D eigenvalue weighted by Crippen LogP contribution is 2.32. The molecule has 1 aliphatic carbocycles. The first kappa shape index (κ1) is 10.8. The second-order valence-electron chi connectivity index (χ2n) is 3.47. The Hall–Kier alpha value is -1.29. The van der Waals surface area contributed by atoms with Gasteiger partial charge in [-0.3, -0.25) is 0 Å². The van der Waals surface area contributed by atoms with Crippen molar-refractivity contribution in [1.29, 1.82) is 5.26 Å². The zero-order valence-electron chi connectivity index (χ0n) is 9.17. The number of aryl methyl sites for hydroxylation is 1. The Bertz CT molecular complexity index is 347. The van der Waals surface area contributed by atoms with Crippen molar-refractivity contribution in [3.05, 3.63) is 34.9 Å². The predicted octanol–water partition coefficient (Wildman–Crippen LogP) is 3.63. The lowest BCUT2D eigenvalue weighted by molar-refractivity contribution is 0.747. The third-order valence-corrected chi connectivity index (χ3v) is 2.65. The van der Waals surface area contributed by atoms with Crippen molar-refractivity contribution in [3.63, 3.8) is 0 Å². The Balaban J connectivity index is 0.000000461. The SMILES string of the molecule is CC.CC1CCc2ccc(C#N)cc21. The van der Waals surface area contributed by atoms with Crippen LogP contribution < -0.4 is 0 Å². The third-order valence-electron chi connectivity index (χ3n) is 2.65. The highest BCUT2D eigenvalue weighted by molar-refractivity contribution is 5.42. The number of nitrogens with zero attached hydrogens (tertiary/aromatic N) is 1. The summed E-state index contributed by atoms with van der Waals surface area (Å²) in [4.78, 5) is 0. The van der Waals surface area contributed by atoms with Gasteiger partial charge in [-0.05, 0) is 42.0 Å². The molecule has 1 aromatic rings. The molecule has 1 aliphatic rings. The average Bonchev–Trinajstić information content (AvgIpc) is 2.63. The first-order valence-corrected chi connectivity index (χ1v) is 5.34. The van der Waals surface area contributed by atoms with Crippen LogP contribution in [-0.4, -0.2) is 0 Å². The van der Waals surface area contributed by atoms with Gasteiger partial charge in [-0.15, -0.1) is 0 Å². The Morgan fingerprint density at radius 1 is 1.36 bits per heavy atom. The van der Waals surface area contributed by atoms with E-state index in [1.807, 2.05) is 26.0 Å². The predicted molar refractivity (Wildman–Crippen MR) is 59.2 cm³/mol. The van der Waals surface area contributed by atoms with E-state index in [0.717, 1.165) is 5.56 Å². The van der Waals surface area contributed by atoms with E-state index in [1.165, 1.54) is 24.0 Å². The summed E-state index contributed by atoms with van der Waals surface area (Å²) in [5.74, 6) is 0.647. The van der Waals surface area contributed by atoms with E-state index in [4.69, 9.17) is 5.26 Å². The molecule has 1 atom stereocenters. The first-order valence-electron chi connectivity index (χ1n) is 5.34. The summed E-state index contributed by atoms with van der Waals surface area (Å²) in [7, 11) is 0. The molecule has 0 spiro atoms. The van der Waals surface area contributed by atoms with Gasteiger partial charge in [0.05, 0.1) is 11.6 Å². The minimum Gasteiger partial charge on any atom is -0.192 e. The van der Waals surface area contributed by atoms with Crippen LogP contribution >= 0.6 is 0 Å². The van der Waals surface area contributed by atoms with E-state index in [1.54, 1.807) is 0 Å². The smallest absolute Gasteiger partial charge is 0.0991 e. The van der Waals surface area contributed by atoms with Gasteiger partial charge in [0, 0.05) is 0 Å². The van der Waals surface area contributed by atoms with Gasteiger partial charge in [0.25, 0.3) is 0 Å². The van der Waals surface area contributed by atoms with E-state index in [0.29, 0.717) is 5.92 Å². The Morgan fingerprint density at radius 2 is 2.07 bits per heavy atom. The number of fused-ring (bicyclic) bond motifs is 1. The molecule has 1 unspecified atom stereocenters. The third kappa shape index (κ3) is 1.96. The van der Waals surface area contributed by atoms with Gasteiger partial charge in [-0.25, -0.2) is 0 Å². The molecule has 0 bridgehead atoms. The topological polar surface area (TPSA) is 23.8 Å². The van der Waals surface area contributed by atoms with Crippen LogP contribution in [0.15, 0.2) is 18.2 Å². The summed E-state index contributed by atoms with van der Waals surface area (Å²) in [5, 5.41) is 8.71. The van der Waals surface area contributed by atoms with Crippen molar-refractivity contribution in [3.8, 4) is 6.07 Å². The molecule has 0 aromatic heterocycles. The van der Waals surface area contributed by atoms with Crippen molar-refractivity contribution in [2.45, 2.75) is 39.5 Å². The van der Waals surface area contributed by atoms with Crippen LogP contribution in [0.3, 0.4) is 0 Å². The first-order chi connectivity index (χ1) is 6.81. The van der Waals surface area contributed by atoms with Crippen molar-refractivity contribution in [2.75, 3.05) is 0 Å². The Labute approximate surface area is 86.4 Å². The molecular formula is C13H17N. The highest BCUT2D eigenvalue weighted by Gasteiger charge is 2.17. The van der Waals surface area contributed by atoms with E-state index < -0.39 is 0 Å². The molecule has 0 radical (unpaired) electrons. The summed E-state index contributed by atoms with van der Waals surface area (Å²) in [6.45, 7) is 6.23. The Morgan fingerprint density at radius 3 is 2.71 bits per heavy atom. The van der Waals surface area contributed by atoms with Crippen molar-refractivity contribution in [2.24, 2.45) is 0 Å². The van der Waals surface area contributed by atoms with E-state index in [2.05, 4.69) is 19.1 Å². The highest BCUT2D eigenvalue weighted by atomic mass is 14.3. The van der Waals surface area contributed by atoms with E-state index in [-0.39, 0.29) is 0 Å². The average molecular weight is 187 g/mol. The van der Waals surface area contributed by atoms with Crippen LogP contribution in [0.4, 0.5) is 0 Å². The Kier molecular flexibility index (Phi) is 3.71. The maximum atomic E-state index is 8.71. The van der Waals surface area contributed by atoms with Crippen LogP contribution in [0.5, 0.6) is 0 Å². The normalized spacial score (nSPS) is 17.7. The maximum Gasteiger partial charge on any atom is 0.0991 e. The maximum absolute atomic E-state index is 8.71. The monoisotopic (exact) mass is 187 g/mol. The van der Waals surface area contributed by atoms with Gasteiger partial charge in [0.15, 0.2) is 0 Å². The van der Waals surface area contributed by atoms with Crippen molar-refractivity contribution >= 4 is 0 Å². The van der Waals surface area contributed by atoms with Crippen molar-refractivity contribution < 1.29 is 0 Å². The molecule has 1 aromatic carbocycles. The zero-order chi connectivity index (χ0) is 10.6. The molecule has 0 heterocycles. The summed E-state index contributed by atoms with van der Waals surface area (Å²) < 4.78 is 0. The van der Waals surface area contributed by atoms with Gasteiger partial charge < -0.3 is 0 Å². The molecule has 74 valence electrons. The van der Waals surface area contributed by atoms with Crippen LogP contribution in [0, 0.1) is 11.3 Å². The zero-order valence-corrected chi connectivity index (χ0v) is 9.17. The fourth-order valence-electron chi connectivity index (χ4n) is 1.88. The van der Waals surface area contributed by atoms with Gasteiger partial charge >= 0.3 is 0 Å². The van der Waals surface area contributed by atoms with E-state index >= 15 is 0 Å². The molecule has 2 rings (SSSR count). The van der Waals surface area contributed by atoms with Gasteiger partial charge in [0.2, 0.25) is 0 Å². The molecule has 0 amide bonds. The molecule has 0 saturated carbocycles. The largest absolute Gasteiger partial charge is 0.192 e.